The van der Waals surface area contributed by atoms with Gasteiger partial charge in [-0.3, -0.25) is 4.79 Å². The van der Waals surface area contributed by atoms with Gasteiger partial charge in [0.25, 0.3) is 0 Å². The van der Waals surface area contributed by atoms with Crippen molar-refractivity contribution >= 4 is 5.78 Å². The summed E-state index contributed by atoms with van der Waals surface area (Å²) in [4.78, 5) is 12.9. The summed E-state index contributed by atoms with van der Waals surface area (Å²) in [7, 11) is 0. The van der Waals surface area contributed by atoms with Crippen LogP contribution in [0.5, 0.6) is 0 Å². The van der Waals surface area contributed by atoms with Crippen molar-refractivity contribution in [3.63, 3.8) is 0 Å². The van der Waals surface area contributed by atoms with Gasteiger partial charge >= 0.3 is 0 Å². The Morgan fingerprint density at radius 1 is 0.914 bits per heavy atom. The predicted octanol–water partition coefficient (Wildman–Crippen LogP) is 4.22. The van der Waals surface area contributed by atoms with Crippen LogP contribution in [0.3, 0.4) is 0 Å². The Morgan fingerprint density at radius 2 is 1.51 bits per heavy atom. The highest BCUT2D eigenvalue weighted by Gasteiger charge is 2.44. The van der Waals surface area contributed by atoms with E-state index in [2.05, 4.69) is 34.6 Å². The first-order chi connectivity index (χ1) is 16.2. The SMILES string of the molecule is CCC(C)C(CC(=O)CC(O)CC(O[C@@H]1O[C@@H](CC)C(O)[C@@H]1O)C(C)CC)CC(O)CC(C)(C)C. The van der Waals surface area contributed by atoms with Gasteiger partial charge in [0, 0.05) is 19.3 Å². The average molecular weight is 503 g/mol. The monoisotopic (exact) mass is 502 g/mol. The lowest BCUT2D eigenvalue weighted by molar-refractivity contribution is -0.205. The second kappa shape index (κ2) is 15.0. The lowest BCUT2D eigenvalue weighted by Crippen LogP contribution is -2.38. The van der Waals surface area contributed by atoms with Gasteiger partial charge in [-0.1, -0.05) is 68.2 Å². The molecule has 0 aromatic heterocycles. The number of ether oxygens (including phenoxy) is 2. The quantitative estimate of drug-likeness (QED) is 0.250. The molecule has 1 aliphatic rings. The summed E-state index contributed by atoms with van der Waals surface area (Å²) in [6, 6.07) is 0. The molecule has 0 bridgehead atoms. The van der Waals surface area contributed by atoms with Crippen LogP contribution in [-0.2, 0) is 14.3 Å². The van der Waals surface area contributed by atoms with E-state index in [1.54, 1.807) is 0 Å². The number of aliphatic hydroxyl groups is 4. The molecule has 7 unspecified atom stereocenters. The Kier molecular flexibility index (Phi) is 13.9. The van der Waals surface area contributed by atoms with Gasteiger partial charge < -0.3 is 29.9 Å². The van der Waals surface area contributed by atoms with Crippen molar-refractivity contribution in [1.82, 2.24) is 0 Å². The highest BCUT2D eigenvalue weighted by atomic mass is 16.7. The molecule has 1 rings (SSSR count). The van der Waals surface area contributed by atoms with Gasteiger partial charge in [-0.25, -0.2) is 0 Å². The normalized spacial score (nSPS) is 28.3. The van der Waals surface area contributed by atoms with Crippen LogP contribution in [0.4, 0.5) is 0 Å². The molecule has 0 aliphatic carbocycles. The fourth-order valence-corrected chi connectivity index (χ4v) is 5.00. The van der Waals surface area contributed by atoms with Gasteiger partial charge in [-0.05, 0) is 42.4 Å². The van der Waals surface area contributed by atoms with Gasteiger partial charge in [0.15, 0.2) is 6.29 Å². The molecule has 0 saturated carbocycles. The van der Waals surface area contributed by atoms with Gasteiger partial charge in [0.05, 0.1) is 24.4 Å². The first-order valence-corrected chi connectivity index (χ1v) is 13.8. The largest absolute Gasteiger partial charge is 0.393 e. The van der Waals surface area contributed by atoms with Crippen molar-refractivity contribution in [1.29, 1.82) is 0 Å². The van der Waals surface area contributed by atoms with Crippen LogP contribution in [0.25, 0.3) is 0 Å². The highest BCUT2D eigenvalue weighted by Crippen LogP contribution is 2.31. The number of hydrogen-bond acceptors (Lipinski definition) is 7. The summed E-state index contributed by atoms with van der Waals surface area (Å²) in [6.45, 7) is 16.4. The lowest BCUT2D eigenvalue weighted by atomic mass is 9.79. The molecule has 1 saturated heterocycles. The Bertz CT molecular complexity index is 605. The molecule has 1 heterocycles. The Balaban J connectivity index is 2.72. The van der Waals surface area contributed by atoms with Crippen LogP contribution in [0.15, 0.2) is 0 Å². The Morgan fingerprint density at radius 3 is 2.00 bits per heavy atom. The zero-order valence-electron chi connectivity index (χ0n) is 23.4. The molecule has 7 heteroatoms. The molecule has 0 aromatic rings. The molecule has 35 heavy (non-hydrogen) atoms. The van der Waals surface area contributed by atoms with E-state index in [-0.39, 0.29) is 35.9 Å². The lowest BCUT2D eigenvalue weighted by Gasteiger charge is -2.30. The number of carbonyl (C=O) groups excluding carboxylic acids is 1. The summed E-state index contributed by atoms with van der Waals surface area (Å²) >= 11 is 0. The van der Waals surface area contributed by atoms with Crippen LogP contribution in [0.1, 0.15) is 107 Å². The fraction of sp³-hybridized carbons (Fsp3) is 0.964. The van der Waals surface area contributed by atoms with Crippen molar-refractivity contribution in [3.8, 4) is 0 Å². The molecule has 1 aliphatic heterocycles. The Hall–Kier alpha value is -0.570. The van der Waals surface area contributed by atoms with Crippen molar-refractivity contribution in [3.05, 3.63) is 0 Å². The van der Waals surface area contributed by atoms with Gasteiger partial charge in [0.1, 0.15) is 18.0 Å². The summed E-state index contributed by atoms with van der Waals surface area (Å²) < 4.78 is 11.7. The van der Waals surface area contributed by atoms with Gasteiger partial charge in [-0.15, -0.1) is 0 Å². The molecule has 4 N–H and O–H groups in total. The zero-order valence-corrected chi connectivity index (χ0v) is 23.4. The molecule has 10 atom stereocenters. The van der Waals surface area contributed by atoms with E-state index in [1.807, 2.05) is 20.8 Å². The standard InChI is InChI=1S/C28H54O7/c1-9-17(4)19(13-22(31)16-28(6,7)8)12-20(29)14-21(30)15-24(18(5)10-2)35-27-26(33)25(32)23(11-3)34-27/h17-19,21-27,30-33H,9-16H2,1-8H3/t17?,18?,19?,21?,22?,23-,24?,25?,26-,27-/m0/s1. The molecule has 7 nitrogen and oxygen atoms in total. The summed E-state index contributed by atoms with van der Waals surface area (Å²) in [5.41, 5.74) is 0.0222. The first kappa shape index (κ1) is 32.5. The van der Waals surface area contributed by atoms with Crippen LogP contribution < -0.4 is 0 Å². The van der Waals surface area contributed by atoms with Crippen molar-refractivity contribution < 1.29 is 34.7 Å². The van der Waals surface area contributed by atoms with Crippen LogP contribution >= 0.6 is 0 Å². The highest BCUT2D eigenvalue weighted by molar-refractivity contribution is 5.79. The molecule has 208 valence electrons. The minimum atomic E-state index is -1.14. The fourth-order valence-electron chi connectivity index (χ4n) is 5.00. The smallest absolute Gasteiger partial charge is 0.186 e. The average Bonchev–Trinajstić information content (AvgIpc) is 3.03. The number of hydrogen-bond donors (Lipinski definition) is 4. The van der Waals surface area contributed by atoms with Crippen LogP contribution in [-0.4, -0.2) is 69.1 Å². The van der Waals surface area contributed by atoms with E-state index >= 15 is 0 Å². The minimum Gasteiger partial charge on any atom is -0.393 e. The van der Waals surface area contributed by atoms with Crippen molar-refractivity contribution in [2.24, 2.45) is 23.2 Å². The van der Waals surface area contributed by atoms with E-state index < -0.39 is 42.9 Å². The number of rotatable bonds is 16. The first-order valence-electron chi connectivity index (χ1n) is 13.8. The molecule has 0 radical (unpaired) electrons. The van der Waals surface area contributed by atoms with E-state index in [1.165, 1.54) is 0 Å². The molecule has 0 spiro atoms. The van der Waals surface area contributed by atoms with E-state index in [0.29, 0.717) is 31.6 Å². The third kappa shape index (κ3) is 11.1. The van der Waals surface area contributed by atoms with Crippen molar-refractivity contribution in [2.45, 2.75) is 150 Å². The number of carbonyl (C=O) groups is 1. The number of ketones is 1. The van der Waals surface area contributed by atoms with Crippen LogP contribution in [0.2, 0.25) is 0 Å². The number of Topliss-reactive ketones (excluding diaryl/α,β-unsaturated/α-hetero) is 1. The molecule has 0 aromatic carbocycles. The van der Waals surface area contributed by atoms with E-state index in [0.717, 1.165) is 12.8 Å². The second-order valence-corrected chi connectivity index (χ2v) is 12.1. The predicted molar refractivity (Wildman–Crippen MR) is 138 cm³/mol. The molecular formula is C28H54O7. The topological polar surface area (TPSA) is 116 Å². The maximum atomic E-state index is 12.9. The minimum absolute atomic E-state index is 0.00715. The zero-order chi connectivity index (χ0) is 26.9. The second-order valence-electron chi connectivity index (χ2n) is 12.1. The third-order valence-corrected chi connectivity index (χ3v) is 7.64. The van der Waals surface area contributed by atoms with Crippen LogP contribution in [0, 0.1) is 23.2 Å². The van der Waals surface area contributed by atoms with Gasteiger partial charge in [-0.2, -0.15) is 0 Å². The third-order valence-electron chi connectivity index (χ3n) is 7.64. The summed E-state index contributed by atoms with van der Waals surface area (Å²) in [5.74, 6) is 0.454. The molecule has 0 amide bonds. The Labute approximate surface area is 213 Å². The van der Waals surface area contributed by atoms with Crippen molar-refractivity contribution in [2.75, 3.05) is 0 Å². The summed E-state index contributed by atoms with van der Waals surface area (Å²) in [5, 5.41) is 41.8. The number of aliphatic hydroxyl groups excluding tert-OH is 4. The summed E-state index contributed by atoms with van der Waals surface area (Å²) in [6.07, 6.45) is -1.10. The maximum Gasteiger partial charge on any atom is 0.186 e. The van der Waals surface area contributed by atoms with E-state index in [4.69, 9.17) is 9.47 Å². The molecular weight excluding hydrogens is 448 g/mol. The maximum absolute atomic E-state index is 12.9. The van der Waals surface area contributed by atoms with E-state index in [9.17, 15) is 25.2 Å². The van der Waals surface area contributed by atoms with Gasteiger partial charge in [0.2, 0.25) is 0 Å². The molecule has 1 fully saturated rings.